The summed E-state index contributed by atoms with van der Waals surface area (Å²) < 4.78 is 5.25. The number of nitrogens with one attached hydrogen (secondary N) is 1. The van der Waals surface area contributed by atoms with Crippen molar-refractivity contribution in [2.75, 3.05) is 11.9 Å². The van der Waals surface area contributed by atoms with Crippen molar-refractivity contribution in [2.24, 2.45) is 0 Å². The molecule has 1 aromatic heterocycles. The molecule has 0 unspecified atom stereocenters. The number of anilines is 1. The van der Waals surface area contributed by atoms with Crippen LogP contribution >= 0.6 is 0 Å². The van der Waals surface area contributed by atoms with Crippen LogP contribution in [0.15, 0.2) is 28.8 Å². The molecule has 2 rings (SSSR count). The summed E-state index contributed by atoms with van der Waals surface area (Å²) in [6.45, 7) is 7.53. The number of carbonyl (C=O) groups excluding carboxylic acids is 1. The first kappa shape index (κ1) is 18.0. The van der Waals surface area contributed by atoms with Crippen LogP contribution in [0.25, 0.3) is 0 Å². The number of benzene rings is 1. The molecule has 1 N–H and O–H groups in total. The van der Waals surface area contributed by atoms with Crippen molar-refractivity contribution < 1.29 is 9.32 Å². The molecule has 0 fully saturated rings. The quantitative estimate of drug-likeness (QED) is 0.763. The molecular weight excluding hydrogens is 304 g/mol. The molecule has 0 spiro atoms. The molecule has 0 saturated heterocycles. The number of amides is 1. The number of hydrogen-bond donors (Lipinski definition) is 1. The number of aryl methyl sites for hydroxylation is 1. The largest absolute Gasteiger partial charge is 0.376 e. The highest BCUT2D eigenvalue weighted by molar-refractivity contribution is 5.73. The molecule has 0 aliphatic rings. The second-order valence-corrected chi connectivity index (χ2v) is 5.80. The van der Waals surface area contributed by atoms with Crippen molar-refractivity contribution in [3.8, 4) is 0 Å². The van der Waals surface area contributed by atoms with Gasteiger partial charge >= 0.3 is 0 Å². The Morgan fingerprint density at radius 1 is 1.33 bits per heavy atom. The van der Waals surface area contributed by atoms with Crippen molar-refractivity contribution >= 4 is 11.6 Å². The van der Waals surface area contributed by atoms with E-state index in [0.717, 1.165) is 36.3 Å². The Kier molecular flexibility index (Phi) is 6.78. The molecule has 0 aliphatic carbocycles. The minimum atomic E-state index is 0.0846. The molecule has 24 heavy (non-hydrogen) atoms. The Labute approximate surface area is 143 Å². The van der Waals surface area contributed by atoms with E-state index in [0.29, 0.717) is 25.5 Å². The van der Waals surface area contributed by atoms with Gasteiger partial charge in [-0.15, -0.1) is 0 Å². The first-order chi connectivity index (χ1) is 11.6. The van der Waals surface area contributed by atoms with Crippen molar-refractivity contribution in [2.45, 2.75) is 53.1 Å². The highest BCUT2D eigenvalue weighted by Crippen LogP contribution is 2.14. The van der Waals surface area contributed by atoms with E-state index in [2.05, 4.69) is 22.4 Å². The van der Waals surface area contributed by atoms with Gasteiger partial charge in [0, 0.05) is 32.1 Å². The van der Waals surface area contributed by atoms with Gasteiger partial charge < -0.3 is 14.7 Å². The van der Waals surface area contributed by atoms with Gasteiger partial charge in [0.25, 0.3) is 0 Å². The van der Waals surface area contributed by atoms with Crippen LogP contribution in [0, 0.1) is 0 Å². The molecule has 2 aromatic rings. The van der Waals surface area contributed by atoms with Crippen LogP contribution in [0.2, 0.25) is 0 Å². The predicted molar refractivity (Wildman–Crippen MR) is 93.4 cm³/mol. The van der Waals surface area contributed by atoms with Crippen LogP contribution < -0.4 is 5.32 Å². The third-order valence-electron chi connectivity index (χ3n) is 3.84. The minimum absolute atomic E-state index is 0.0846. The van der Waals surface area contributed by atoms with Crippen LogP contribution in [0.5, 0.6) is 0 Å². The van der Waals surface area contributed by atoms with Crippen LogP contribution in [-0.4, -0.2) is 27.5 Å². The zero-order chi connectivity index (χ0) is 17.4. The van der Waals surface area contributed by atoms with E-state index in [9.17, 15) is 4.79 Å². The smallest absolute Gasteiger partial charge is 0.245 e. The normalized spacial score (nSPS) is 10.6. The first-order valence-electron chi connectivity index (χ1n) is 8.52. The summed E-state index contributed by atoms with van der Waals surface area (Å²) in [6.07, 6.45) is 3.04. The van der Waals surface area contributed by atoms with Crippen molar-refractivity contribution in [3.63, 3.8) is 0 Å². The Bertz CT molecular complexity index is 654. The summed E-state index contributed by atoms with van der Waals surface area (Å²) in [5, 5.41) is 7.27. The summed E-state index contributed by atoms with van der Waals surface area (Å²) in [5.74, 6) is 1.44. The van der Waals surface area contributed by atoms with Crippen molar-refractivity contribution in [1.29, 1.82) is 0 Å². The van der Waals surface area contributed by atoms with Gasteiger partial charge in [0.15, 0.2) is 5.82 Å². The van der Waals surface area contributed by atoms with Crippen molar-refractivity contribution in [1.82, 2.24) is 15.0 Å². The summed E-state index contributed by atoms with van der Waals surface area (Å²) in [4.78, 5) is 17.7. The molecule has 1 heterocycles. The summed E-state index contributed by atoms with van der Waals surface area (Å²) in [6, 6.07) is 8.03. The number of carbonyl (C=O) groups is 1. The Morgan fingerprint density at radius 3 is 2.88 bits per heavy atom. The molecule has 1 amide bonds. The monoisotopic (exact) mass is 330 g/mol. The van der Waals surface area contributed by atoms with Crippen LogP contribution in [0.3, 0.4) is 0 Å². The van der Waals surface area contributed by atoms with E-state index in [1.165, 1.54) is 0 Å². The second kappa shape index (κ2) is 9.05. The molecule has 0 atom stereocenters. The van der Waals surface area contributed by atoms with E-state index < -0.39 is 0 Å². The maximum absolute atomic E-state index is 11.5. The maximum atomic E-state index is 11.5. The first-order valence-corrected chi connectivity index (χ1v) is 8.52. The van der Waals surface area contributed by atoms with Gasteiger partial charge in [-0.05, 0) is 31.0 Å². The lowest BCUT2D eigenvalue weighted by molar-refractivity contribution is -0.129. The number of rotatable bonds is 9. The van der Waals surface area contributed by atoms with Crippen LogP contribution in [0.4, 0.5) is 5.69 Å². The number of nitrogens with zero attached hydrogens (tertiary/aromatic N) is 3. The van der Waals surface area contributed by atoms with Gasteiger partial charge in [0.05, 0.1) is 6.54 Å². The average Bonchev–Trinajstić information content (AvgIpc) is 3.04. The van der Waals surface area contributed by atoms with Gasteiger partial charge in [0.2, 0.25) is 11.8 Å². The van der Waals surface area contributed by atoms with Crippen LogP contribution in [0.1, 0.15) is 50.9 Å². The summed E-state index contributed by atoms with van der Waals surface area (Å²) in [7, 11) is 0. The fourth-order valence-electron chi connectivity index (χ4n) is 2.42. The van der Waals surface area contributed by atoms with E-state index >= 15 is 0 Å². The number of unbranched alkanes of at least 4 members (excludes halogenated alkanes) is 1. The van der Waals surface area contributed by atoms with Gasteiger partial charge in [-0.3, -0.25) is 4.79 Å². The zero-order valence-electron chi connectivity index (χ0n) is 14.7. The molecule has 6 heteroatoms. The summed E-state index contributed by atoms with van der Waals surface area (Å²) in [5.41, 5.74) is 2.06. The second-order valence-electron chi connectivity index (χ2n) is 5.80. The van der Waals surface area contributed by atoms with Gasteiger partial charge in [0.1, 0.15) is 0 Å². The van der Waals surface area contributed by atoms with Gasteiger partial charge in [-0.1, -0.05) is 30.6 Å². The lowest BCUT2D eigenvalue weighted by atomic mass is 10.2. The fourth-order valence-corrected chi connectivity index (χ4v) is 2.42. The molecule has 1 aromatic carbocycles. The predicted octanol–water partition coefficient (Wildman–Crippen LogP) is 3.39. The minimum Gasteiger partial charge on any atom is -0.376 e. The lowest BCUT2D eigenvalue weighted by Crippen LogP contribution is -2.27. The van der Waals surface area contributed by atoms with E-state index in [-0.39, 0.29) is 5.91 Å². The lowest BCUT2D eigenvalue weighted by Gasteiger charge is -2.19. The van der Waals surface area contributed by atoms with E-state index in [1.807, 2.05) is 31.2 Å². The fraction of sp³-hybridized carbons (Fsp3) is 0.500. The number of hydrogen-bond acceptors (Lipinski definition) is 5. The zero-order valence-corrected chi connectivity index (χ0v) is 14.7. The molecule has 0 aliphatic heterocycles. The molecule has 0 radical (unpaired) electrons. The van der Waals surface area contributed by atoms with E-state index in [1.54, 1.807) is 11.8 Å². The third-order valence-corrected chi connectivity index (χ3v) is 3.84. The standard InChI is InChI=1S/C18H26N4O2/c1-4-6-10-17-20-18(24-21-17)12-19-16-9-7-8-15(11-16)13-22(5-2)14(3)23/h7-9,11,19H,4-6,10,12-13H2,1-3H3. The Balaban J connectivity index is 1.92. The number of aromatic nitrogens is 2. The Morgan fingerprint density at radius 2 is 2.17 bits per heavy atom. The molecule has 0 saturated carbocycles. The van der Waals surface area contributed by atoms with Crippen LogP contribution in [-0.2, 0) is 24.3 Å². The summed E-state index contributed by atoms with van der Waals surface area (Å²) >= 11 is 0. The average molecular weight is 330 g/mol. The molecule has 6 nitrogen and oxygen atoms in total. The molecular formula is C18H26N4O2. The Hall–Kier alpha value is -2.37. The molecule has 0 bridgehead atoms. The van der Waals surface area contributed by atoms with E-state index in [4.69, 9.17) is 4.52 Å². The highest BCUT2D eigenvalue weighted by Gasteiger charge is 2.08. The topological polar surface area (TPSA) is 71.3 Å². The molecule has 130 valence electrons. The van der Waals surface area contributed by atoms with Crippen molar-refractivity contribution in [3.05, 3.63) is 41.5 Å². The van der Waals surface area contributed by atoms with Gasteiger partial charge in [-0.25, -0.2) is 0 Å². The third kappa shape index (κ3) is 5.37. The SMILES string of the molecule is CCCCc1noc(CNc2cccc(CN(CC)C(C)=O)c2)n1. The highest BCUT2D eigenvalue weighted by atomic mass is 16.5. The van der Waals surface area contributed by atoms with Gasteiger partial charge in [-0.2, -0.15) is 4.98 Å². The maximum Gasteiger partial charge on any atom is 0.245 e.